The molecule has 0 saturated heterocycles. The van der Waals surface area contributed by atoms with E-state index in [1.807, 2.05) is 63.2 Å². The molecule has 7 heteroatoms. The number of nitrogens with two attached hydrogens (primary N) is 1. The molecule has 1 heterocycles. The highest BCUT2D eigenvalue weighted by atomic mass is 35.5. The zero-order valence-electron chi connectivity index (χ0n) is 15.9. The van der Waals surface area contributed by atoms with E-state index in [-0.39, 0.29) is 30.7 Å². The molecule has 0 unspecified atom stereocenters. The minimum Gasteiger partial charge on any atom is -0.363 e. The highest BCUT2D eigenvalue weighted by molar-refractivity contribution is 5.86. The van der Waals surface area contributed by atoms with Crippen molar-refractivity contribution in [3.05, 3.63) is 35.9 Å². The predicted molar refractivity (Wildman–Crippen MR) is 114 cm³/mol. The van der Waals surface area contributed by atoms with Gasteiger partial charge in [-0.1, -0.05) is 32.0 Å². The lowest BCUT2D eigenvalue weighted by atomic mass is 9.81. The van der Waals surface area contributed by atoms with Gasteiger partial charge in [0, 0.05) is 32.6 Å². The van der Waals surface area contributed by atoms with Crippen LogP contribution in [-0.2, 0) is 11.3 Å². The Bertz CT molecular complexity index is 709. The van der Waals surface area contributed by atoms with Crippen LogP contribution in [0.2, 0.25) is 0 Å². The molecule has 0 radical (unpaired) electrons. The maximum atomic E-state index is 12.7. The van der Waals surface area contributed by atoms with E-state index in [2.05, 4.69) is 10.3 Å². The summed E-state index contributed by atoms with van der Waals surface area (Å²) in [6, 6.07) is 10.0. The second-order valence-electron chi connectivity index (χ2n) is 6.43. The van der Waals surface area contributed by atoms with Gasteiger partial charge < -0.3 is 16.0 Å². The van der Waals surface area contributed by atoms with Gasteiger partial charge in [-0.3, -0.25) is 4.79 Å². The molecule has 0 saturated carbocycles. The molecule has 146 valence electrons. The number of carbonyl (C=O) groups excluding carboxylic acids is 1. The highest BCUT2D eigenvalue weighted by Crippen LogP contribution is 2.26. The van der Waals surface area contributed by atoms with Crippen LogP contribution < -0.4 is 16.0 Å². The van der Waals surface area contributed by atoms with Crippen LogP contribution in [0.25, 0.3) is 10.9 Å². The quantitative estimate of drug-likeness (QED) is 0.745. The second kappa shape index (κ2) is 10.6. The van der Waals surface area contributed by atoms with Crippen molar-refractivity contribution in [1.29, 1.82) is 0 Å². The minimum absolute atomic E-state index is 0. The van der Waals surface area contributed by atoms with E-state index >= 15 is 0 Å². The van der Waals surface area contributed by atoms with Crippen molar-refractivity contribution >= 4 is 47.4 Å². The number of nitrogens with one attached hydrogen (secondary N) is 1. The molecule has 1 amide bonds. The Kier molecular flexibility index (Phi) is 9.92. The monoisotopic (exact) mass is 400 g/mol. The molecule has 0 bridgehead atoms. The summed E-state index contributed by atoms with van der Waals surface area (Å²) >= 11 is 0. The van der Waals surface area contributed by atoms with E-state index in [1.54, 1.807) is 0 Å². The molecule has 0 aliphatic carbocycles. The fraction of sp³-hybridized carbons (Fsp3) is 0.474. The number of amides is 1. The molecule has 0 atom stereocenters. The average Bonchev–Trinajstić information content (AvgIpc) is 2.61. The van der Waals surface area contributed by atoms with Crippen LogP contribution in [0.5, 0.6) is 0 Å². The minimum atomic E-state index is -0.479. The molecule has 2 rings (SSSR count). The maximum Gasteiger partial charge on any atom is 0.227 e. The van der Waals surface area contributed by atoms with Crippen LogP contribution >= 0.6 is 24.8 Å². The van der Waals surface area contributed by atoms with Gasteiger partial charge >= 0.3 is 0 Å². The molecule has 5 nitrogen and oxygen atoms in total. The third-order valence-electron chi connectivity index (χ3n) is 4.91. The smallest absolute Gasteiger partial charge is 0.227 e. The van der Waals surface area contributed by atoms with Gasteiger partial charge in [-0.05, 0) is 30.5 Å². The summed E-state index contributed by atoms with van der Waals surface area (Å²) in [6.07, 6.45) is 1.48. The molecule has 0 aliphatic rings. The second-order valence-corrected chi connectivity index (χ2v) is 6.43. The van der Waals surface area contributed by atoms with Gasteiger partial charge in [0.1, 0.15) is 5.82 Å². The number of nitrogens with zero attached hydrogens (tertiary/aromatic N) is 2. The van der Waals surface area contributed by atoms with Crippen molar-refractivity contribution in [3.8, 4) is 0 Å². The molecule has 0 spiro atoms. The summed E-state index contributed by atoms with van der Waals surface area (Å²) in [7, 11) is 3.93. The number of hydrogen-bond donors (Lipinski definition) is 2. The lowest BCUT2D eigenvalue weighted by Crippen LogP contribution is -2.45. The number of benzene rings is 1. The first-order chi connectivity index (χ1) is 11.5. The number of rotatable bonds is 7. The van der Waals surface area contributed by atoms with E-state index in [0.717, 1.165) is 35.1 Å². The summed E-state index contributed by atoms with van der Waals surface area (Å²) in [5, 5.41) is 4.15. The zero-order chi connectivity index (χ0) is 17.7. The van der Waals surface area contributed by atoms with Gasteiger partial charge in [0.25, 0.3) is 0 Å². The van der Waals surface area contributed by atoms with Crippen LogP contribution in [-0.4, -0.2) is 31.5 Å². The first-order valence-electron chi connectivity index (χ1n) is 8.51. The normalized spacial score (nSPS) is 10.7. The summed E-state index contributed by atoms with van der Waals surface area (Å²) < 4.78 is 0. The Morgan fingerprint density at radius 3 is 2.35 bits per heavy atom. The molecule has 0 fully saturated rings. The van der Waals surface area contributed by atoms with Crippen LogP contribution in [0, 0.1) is 5.41 Å². The van der Waals surface area contributed by atoms with Crippen molar-refractivity contribution in [1.82, 2.24) is 10.3 Å². The molecule has 26 heavy (non-hydrogen) atoms. The topological polar surface area (TPSA) is 71.2 Å². The lowest BCUT2D eigenvalue weighted by molar-refractivity contribution is -0.131. The van der Waals surface area contributed by atoms with Gasteiger partial charge in [0.05, 0.1) is 10.9 Å². The van der Waals surface area contributed by atoms with Gasteiger partial charge in [-0.15, -0.1) is 24.8 Å². The van der Waals surface area contributed by atoms with E-state index in [0.29, 0.717) is 13.1 Å². The Balaban J connectivity index is 0.00000312. The third kappa shape index (κ3) is 5.00. The Labute approximate surface area is 168 Å². The Morgan fingerprint density at radius 2 is 1.81 bits per heavy atom. The summed E-state index contributed by atoms with van der Waals surface area (Å²) in [5.41, 5.74) is 7.40. The van der Waals surface area contributed by atoms with Crippen molar-refractivity contribution < 1.29 is 4.79 Å². The van der Waals surface area contributed by atoms with Crippen LogP contribution in [0.4, 0.5) is 5.82 Å². The fourth-order valence-electron chi connectivity index (χ4n) is 2.92. The van der Waals surface area contributed by atoms with Crippen molar-refractivity contribution in [2.45, 2.75) is 33.2 Å². The molecular weight excluding hydrogens is 371 g/mol. The number of hydrogen-bond acceptors (Lipinski definition) is 4. The Morgan fingerprint density at radius 1 is 1.19 bits per heavy atom. The van der Waals surface area contributed by atoms with Crippen LogP contribution in [0.1, 0.15) is 32.3 Å². The van der Waals surface area contributed by atoms with Crippen molar-refractivity contribution in [3.63, 3.8) is 0 Å². The van der Waals surface area contributed by atoms with Gasteiger partial charge in [0.2, 0.25) is 5.91 Å². The summed E-state index contributed by atoms with van der Waals surface area (Å²) in [4.78, 5) is 19.3. The number of para-hydroxylation sites is 1. The number of aromatic nitrogens is 1. The average molecular weight is 401 g/mol. The SMILES string of the molecule is CCC(CC)(CN)C(=O)NCc1cc(N(C)C)nc2ccccc12.Cl.Cl. The first kappa shape index (κ1) is 24.4. The molecular formula is C19H30Cl2N4O. The predicted octanol–water partition coefficient (Wildman–Crippen LogP) is 3.53. The third-order valence-corrected chi connectivity index (χ3v) is 4.91. The molecule has 0 aliphatic heterocycles. The lowest BCUT2D eigenvalue weighted by Gasteiger charge is -2.28. The van der Waals surface area contributed by atoms with E-state index in [4.69, 9.17) is 5.73 Å². The summed E-state index contributed by atoms with van der Waals surface area (Å²) in [6.45, 7) is 4.88. The van der Waals surface area contributed by atoms with Crippen molar-refractivity contribution in [2.75, 3.05) is 25.5 Å². The number of carbonyl (C=O) groups is 1. The highest BCUT2D eigenvalue weighted by Gasteiger charge is 2.33. The number of fused-ring (bicyclic) bond motifs is 1. The van der Waals surface area contributed by atoms with E-state index < -0.39 is 5.41 Å². The summed E-state index contributed by atoms with van der Waals surface area (Å²) in [5.74, 6) is 0.913. The van der Waals surface area contributed by atoms with E-state index in [1.165, 1.54) is 0 Å². The van der Waals surface area contributed by atoms with Crippen LogP contribution in [0.3, 0.4) is 0 Å². The molecule has 1 aromatic carbocycles. The number of pyridine rings is 1. The first-order valence-corrected chi connectivity index (χ1v) is 8.51. The number of anilines is 1. The molecule has 1 aromatic heterocycles. The Hall–Kier alpha value is -1.56. The van der Waals surface area contributed by atoms with E-state index in [9.17, 15) is 4.79 Å². The fourth-order valence-corrected chi connectivity index (χ4v) is 2.92. The largest absolute Gasteiger partial charge is 0.363 e. The molecule has 2 aromatic rings. The molecule has 3 N–H and O–H groups in total. The number of halogens is 2. The maximum absolute atomic E-state index is 12.7. The standard InChI is InChI=1S/C19H28N4O.2ClH/c1-5-19(6-2,13-20)18(24)21-12-14-11-17(23(3)4)22-16-10-8-7-9-15(14)16;;/h7-11H,5-6,12-13,20H2,1-4H3,(H,21,24);2*1H. The van der Waals surface area contributed by atoms with Gasteiger partial charge in [-0.25, -0.2) is 4.98 Å². The van der Waals surface area contributed by atoms with Gasteiger partial charge in [0.15, 0.2) is 0 Å². The zero-order valence-corrected chi connectivity index (χ0v) is 17.5. The van der Waals surface area contributed by atoms with Gasteiger partial charge in [-0.2, -0.15) is 0 Å². The van der Waals surface area contributed by atoms with Crippen LogP contribution in [0.15, 0.2) is 30.3 Å². The van der Waals surface area contributed by atoms with Crippen molar-refractivity contribution in [2.24, 2.45) is 11.1 Å².